The summed E-state index contributed by atoms with van der Waals surface area (Å²) in [6.45, 7) is 0.365. The molecule has 1 amide bonds. The quantitative estimate of drug-likeness (QED) is 0.671. The third-order valence-corrected chi connectivity index (χ3v) is 4.32. The second-order valence-electron chi connectivity index (χ2n) is 6.19. The number of hydrogen-bond acceptors (Lipinski definition) is 4. The lowest BCUT2D eigenvalue weighted by molar-refractivity contribution is -0.132. The van der Waals surface area contributed by atoms with E-state index in [0.29, 0.717) is 17.9 Å². The number of methoxy groups -OCH3 is 1. The molecule has 136 valence electrons. The van der Waals surface area contributed by atoms with E-state index >= 15 is 0 Å². The van der Waals surface area contributed by atoms with Crippen LogP contribution in [0.25, 0.3) is 10.8 Å². The molecule has 0 aromatic heterocycles. The van der Waals surface area contributed by atoms with Crippen LogP contribution in [0, 0.1) is 11.3 Å². The number of fused-ring (bicyclic) bond motifs is 1. The summed E-state index contributed by atoms with van der Waals surface area (Å²) in [5.41, 5.74) is 1.44. The molecule has 3 rings (SSSR count). The van der Waals surface area contributed by atoms with Crippen LogP contribution in [0.5, 0.6) is 11.5 Å². The lowest BCUT2D eigenvalue weighted by Crippen LogP contribution is -2.31. The summed E-state index contributed by atoms with van der Waals surface area (Å²) >= 11 is 0. The summed E-state index contributed by atoms with van der Waals surface area (Å²) in [5, 5.41) is 11.3. The monoisotopic (exact) mass is 360 g/mol. The molecule has 0 fully saturated rings. The van der Waals surface area contributed by atoms with Gasteiger partial charge in [0.05, 0.1) is 12.7 Å². The molecule has 3 aromatic carbocycles. The lowest BCUT2D eigenvalue weighted by Gasteiger charge is -2.18. The van der Waals surface area contributed by atoms with E-state index in [-0.39, 0.29) is 12.5 Å². The standard InChI is InChI=1S/C22H20N2O3/c1-24(22(25)15-27-21-6-4-3-5-19(21)13-23)14-16-7-8-18-12-20(26-2)10-9-17(18)11-16/h3-12H,14-15H2,1-2H3. The fraction of sp³-hybridized carbons (Fsp3) is 0.182. The van der Waals surface area contributed by atoms with Crippen molar-refractivity contribution in [2.75, 3.05) is 20.8 Å². The van der Waals surface area contributed by atoms with Gasteiger partial charge in [-0.05, 0) is 46.7 Å². The molecule has 0 atom stereocenters. The van der Waals surface area contributed by atoms with E-state index in [1.165, 1.54) is 0 Å². The van der Waals surface area contributed by atoms with Gasteiger partial charge in [-0.3, -0.25) is 4.79 Å². The highest BCUT2D eigenvalue weighted by Gasteiger charge is 2.12. The molecule has 0 saturated heterocycles. The highest BCUT2D eigenvalue weighted by Crippen LogP contribution is 2.22. The van der Waals surface area contributed by atoms with Crippen molar-refractivity contribution in [3.8, 4) is 17.6 Å². The van der Waals surface area contributed by atoms with Crippen molar-refractivity contribution in [1.29, 1.82) is 5.26 Å². The Bertz CT molecular complexity index is 1010. The van der Waals surface area contributed by atoms with E-state index in [0.717, 1.165) is 22.1 Å². The number of hydrogen-bond donors (Lipinski definition) is 0. The van der Waals surface area contributed by atoms with Crippen molar-refractivity contribution in [1.82, 2.24) is 4.90 Å². The number of rotatable bonds is 6. The first-order valence-corrected chi connectivity index (χ1v) is 8.53. The van der Waals surface area contributed by atoms with E-state index in [2.05, 4.69) is 12.1 Å². The van der Waals surface area contributed by atoms with Crippen LogP contribution in [0.3, 0.4) is 0 Å². The van der Waals surface area contributed by atoms with Crippen LogP contribution in [0.4, 0.5) is 0 Å². The fourth-order valence-electron chi connectivity index (χ4n) is 2.80. The van der Waals surface area contributed by atoms with E-state index in [1.54, 1.807) is 43.3 Å². The fourth-order valence-corrected chi connectivity index (χ4v) is 2.80. The number of para-hydroxylation sites is 1. The summed E-state index contributed by atoms with van der Waals surface area (Å²) < 4.78 is 10.8. The summed E-state index contributed by atoms with van der Waals surface area (Å²) in [5.74, 6) is 1.08. The molecular weight excluding hydrogens is 340 g/mol. The molecule has 5 heteroatoms. The minimum atomic E-state index is -0.155. The van der Waals surface area contributed by atoms with Crippen molar-refractivity contribution in [3.05, 3.63) is 71.8 Å². The molecule has 0 unspecified atom stereocenters. The predicted molar refractivity (Wildman–Crippen MR) is 104 cm³/mol. The maximum atomic E-state index is 12.4. The minimum Gasteiger partial charge on any atom is -0.497 e. The van der Waals surface area contributed by atoms with Crippen LogP contribution in [-0.4, -0.2) is 31.6 Å². The molecule has 0 radical (unpaired) electrons. The minimum absolute atomic E-state index is 0.111. The Morgan fingerprint density at radius 2 is 1.81 bits per heavy atom. The molecule has 0 bridgehead atoms. The SMILES string of the molecule is COc1ccc2cc(CN(C)C(=O)COc3ccccc3C#N)ccc2c1. The van der Waals surface area contributed by atoms with Gasteiger partial charge in [0.2, 0.25) is 0 Å². The van der Waals surface area contributed by atoms with Crippen LogP contribution in [0.1, 0.15) is 11.1 Å². The maximum absolute atomic E-state index is 12.4. The van der Waals surface area contributed by atoms with E-state index in [4.69, 9.17) is 14.7 Å². The molecule has 0 aliphatic heterocycles. The molecule has 27 heavy (non-hydrogen) atoms. The zero-order valence-corrected chi connectivity index (χ0v) is 15.3. The van der Waals surface area contributed by atoms with Crippen molar-refractivity contribution in [2.24, 2.45) is 0 Å². The molecule has 5 nitrogen and oxygen atoms in total. The zero-order valence-electron chi connectivity index (χ0n) is 15.3. The van der Waals surface area contributed by atoms with Gasteiger partial charge < -0.3 is 14.4 Å². The Kier molecular flexibility index (Phi) is 5.58. The Morgan fingerprint density at radius 1 is 1.07 bits per heavy atom. The van der Waals surface area contributed by atoms with Crippen LogP contribution >= 0.6 is 0 Å². The summed E-state index contributed by atoms with van der Waals surface area (Å²) in [7, 11) is 3.38. The van der Waals surface area contributed by atoms with Gasteiger partial charge in [0.1, 0.15) is 17.6 Å². The smallest absolute Gasteiger partial charge is 0.260 e. The van der Waals surface area contributed by atoms with E-state index in [1.807, 2.05) is 30.3 Å². The van der Waals surface area contributed by atoms with Gasteiger partial charge in [0, 0.05) is 13.6 Å². The average Bonchev–Trinajstić information content (AvgIpc) is 2.71. The molecule has 0 aliphatic rings. The summed E-state index contributed by atoms with van der Waals surface area (Å²) in [6, 6.07) is 20.9. The van der Waals surface area contributed by atoms with Gasteiger partial charge in [-0.25, -0.2) is 0 Å². The van der Waals surface area contributed by atoms with E-state index < -0.39 is 0 Å². The van der Waals surface area contributed by atoms with Gasteiger partial charge in [-0.1, -0.05) is 30.3 Å². The second kappa shape index (κ2) is 8.24. The van der Waals surface area contributed by atoms with Gasteiger partial charge in [-0.2, -0.15) is 5.26 Å². The van der Waals surface area contributed by atoms with Gasteiger partial charge in [-0.15, -0.1) is 0 Å². The third kappa shape index (κ3) is 4.36. The number of likely N-dealkylation sites (N-methyl/N-ethyl adjacent to an activating group) is 1. The van der Waals surface area contributed by atoms with Crippen molar-refractivity contribution >= 4 is 16.7 Å². The Morgan fingerprint density at radius 3 is 2.59 bits per heavy atom. The largest absolute Gasteiger partial charge is 0.497 e. The molecule has 0 saturated carbocycles. The topological polar surface area (TPSA) is 62.6 Å². The van der Waals surface area contributed by atoms with Crippen LogP contribution < -0.4 is 9.47 Å². The Balaban J connectivity index is 1.64. The van der Waals surface area contributed by atoms with Crippen molar-refractivity contribution in [3.63, 3.8) is 0 Å². The number of benzene rings is 3. The number of amides is 1. The average molecular weight is 360 g/mol. The number of nitrogens with zero attached hydrogens (tertiary/aromatic N) is 2. The molecule has 0 heterocycles. The number of carbonyl (C=O) groups is 1. The Labute approximate surface area is 158 Å². The van der Waals surface area contributed by atoms with E-state index in [9.17, 15) is 4.79 Å². The molecule has 0 aliphatic carbocycles. The molecular formula is C22H20N2O3. The van der Waals surface area contributed by atoms with Gasteiger partial charge in [0.15, 0.2) is 6.61 Å². The normalized spacial score (nSPS) is 10.3. The van der Waals surface area contributed by atoms with Gasteiger partial charge in [0.25, 0.3) is 5.91 Å². The predicted octanol–water partition coefficient (Wildman–Crippen LogP) is 3.76. The van der Waals surface area contributed by atoms with Gasteiger partial charge >= 0.3 is 0 Å². The first kappa shape index (κ1) is 18.3. The highest BCUT2D eigenvalue weighted by atomic mass is 16.5. The van der Waals surface area contributed by atoms with Crippen LogP contribution in [-0.2, 0) is 11.3 Å². The second-order valence-corrected chi connectivity index (χ2v) is 6.19. The third-order valence-electron chi connectivity index (χ3n) is 4.32. The highest BCUT2D eigenvalue weighted by molar-refractivity contribution is 5.84. The van der Waals surface area contributed by atoms with Crippen molar-refractivity contribution < 1.29 is 14.3 Å². The van der Waals surface area contributed by atoms with Crippen molar-refractivity contribution in [2.45, 2.75) is 6.54 Å². The van der Waals surface area contributed by atoms with Crippen LogP contribution in [0.2, 0.25) is 0 Å². The number of ether oxygens (including phenoxy) is 2. The van der Waals surface area contributed by atoms with Crippen LogP contribution in [0.15, 0.2) is 60.7 Å². The molecule has 0 N–H and O–H groups in total. The molecule has 3 aromatic rings. The number of nitriles is 1. The first-order chi connectivity index (χ1) is 13.1. The molecule has 0 spiro atoms. The number of carbonyl (C=O) groups excluding carboxylic acids is 1. The maximum Gasteiger partial charge on any atom is 0.260 e. The Hall–Kier alpha value is -3.52. The zero-order chi connectivity index (χ0) is 19.2. The summed E-state index contributed by atoms with van der Waals surface area (Å²) in [4.78, 5) is 14.0. The summed E-state index contributed by atoms with van der Waals surface area (Å²) in [6.07, 6.45) is 0. The lowest BCUT2D eigenvalue weighted by atomic mass is 10.1. The first-order valence-electron chi connectivity index (χ1n) is 8.53.